The first-order valence-corrected chi connectivity index (χ1v) is 7.53. The summed E-state index contributed by atoms with van der Waals surface area (Å²) in [6.07, 6.45) is 4.00. The highest BCUT2D eigenvalue weighted by Crippen LogP contribution is 2.22. The zero-order valence-corrected chi connectivity index (χ0v) is 13.0. The lowest BCUT2D eigenvalue weighted by molar-refractivity contribution is -0.126. The number of carbonyl (C=O) groups is 1. The Morgan fingerprint density at radius 1 is 1.32 bits per heavy atom. The number of amides is 1. The van der Waals surface area contributed by atoms with Crippen LogP contribution in [0.25, 0.3) is 0 Å². The van der Waals surface area contributed by atoms with E-state index in [0.717, 1.165) is 32.2 Å². The number of likely N-dealkylation sites (N-methyl/N-ethyl adjacent to an activating group) is 1. The second kappa shape index (κ2) is 7.54. The molecule has 0 spiro atoms. The molecule has 122 valence electrons. The molecule has 0 aliphatic carbocycles. The Morgan fingerprint density at radius 3 is 2.82 bits per heavy atom. The molecule has 0 aromatic heterocycles. The number of benzene rings is 1. The Balaban J connectivity index is 2.00. The maximum absolute atomic E-state index is 13.9. The Kier molecular flexibility index (Phi) is 5.71. The van der Waals surface area contributed by atoms with Gasteiger partial charge in [0.1, 0.15) is 0 Å². The zero-order valence-electron chi connectivity index (χ0n) is 13.0. The lowest BCUT2D eigenvalue weighted by Crippen LogP contribution is -2.44. The van der Waals surface area contributed by atoms with Gasteiger partial charge in [-0.2, -0.15) is 4.39 Å². The number of hydrogen-bond acceptors (Lipinski definition) is 3. The predicted octanol–water partition coefficient (Wildman–Crippen LogP) is 2.46. The number of nitrogens with zero attached hydrogens (tertiary/aromatic N) is 1. The van der Waals surface area contributed by atoms with Gasteiger partial charge in [-0.3, -0.25) is 9.69 Å². The molecule has 1 atom stereocenters. The van der Waals surface area contributed by atoms with E-state index in [1.54, 1.807) is 0 Å². The SMILES string of the molecule is COc1ccc(CNC(=O)[C@@H]2CCCCCN2C)c(F)c1F. The molecule has 0 saturated carbocycles. The minimum atomic E-state index is -1.03. The van der Waals surface area contributed by atoms with E-state index in [4.69, 9.17) is 4.74 Å². The van der Waals surface area contributed by atoms with Crippen molar-refractivity contribution in [1.29, 1.82) is 0 Å². The fourth-order valence-electron chi connectivity index (χ4n) is 2.75. The number of carbonyl (C=O) groups excluding carboxylic acids is 1. The average Bonchev–Trinajstić information content (AvgIpc) is 2.73. The molecule has 2 rings (SSSR count). The van der Waals surface area contributed by atoms with Gasteiger partial charge in [0.05, 0.1) is 13.2 Å². The summed E-state index contributed by atoms with van der Waals surface area (Å²) < 4.78 is 32.2. The van der Waals surface area contributed by atoms with Gasteiger partial charge in [-0.25, -0.2) is 4.39 Å². The summed E-state index contributed by atoms with van der Waals surface area (Å²) in [7, 11) is 3.20. The molecule has 1 fully saturated rings. The molecule has 1 aliphatic rings. The van der Waals surface area contributed by atoms with E-state index in [-0.39, 0.29) is 29.8 Å². The highest BCUT2D eigenvalue weighted by Gasteiger charge is 2.24. The third-order valence-electron chi connectivity index (χ3n) is 4.12. The Bertz CT molecular complexity index is 537. The van der Waals surface area contributed by atoms with E-state index in [0.29, 0.717) is 0 Å². The summed E-state index contributed by atoms with van der Waals surface area (Å²) in [6, 6.07) is 2.58. The van der Waals surface area contributed by atoms with Crippen LogP contribution in [0.3, 0.4) is 0 Å². The molecule has 1 heterocycles. The summed E-state index contributed by atoms with van der Waals surface area (Å²) in [5, 5.41) is 2.70. The van der Waals surface area contributed by atoms with Crippen LogP contribution in [-0.2, 0) is 11.3 Å². The van der Waals surface area contributed by atoms with E-state index in [9.17, 15) is 13.6 Å². The minimum Gasteiger partial charge on any atom is -0.494 e. The summed E-state index contributed by atoms with van der Waals surface area (Å²) in [6.45, 7) is 0.847. The summed E-state index contributed by atoms with van der Waals surface area (Å²) >= 11 is 0. The van der Waals surface area contributed by atoms with Crippen LogP contribution in [0.15, 0.2) is 12.1 Å². The molecule has 4 nitrogen and oxygen atoms in total. The van der Waals surface area contributed by atoms with Gasteiger partial charge in [0.2, 0.25) is 11.7 Å². The minimum absolute atomic E-state index is 0.0318. The van der Waals surface area contributed by atoms with Crippen molar-refractivity contribution < 1.29 is 18.3 Å². The summed E-state index contributed by atoms with van der Waals surface area (Å²) in [4.78, 5) is 14.3. The molecular weight excluding hydrogens is 290 g/mol. The van der Waals surface area contributed by atoms with Crippen LogP contribution in [0.2, 0.25) is 0 Å². The molecule has 1 saturated heterocycles. The monoisotopic (exact) mass is 312 g/mol. The van der Waals surface area contributed by atoms with Crippen LogP contribution in [0.1, 0.15) is 31.2 Å². The Hall–Kier alpha value is -1.69. The molecule has 0 bridgehead atoms. The van der Waals surface area contributed by atoms with Crippen LogP contribution in [0.5, 0.6) is 5.75 Å². The lowest BCUT2D eigenvalue weighted by atomic mass is 10.1. The number of rotatable bonds is 4. The van der Waals surface area contributed by atoms with Crippen molar-refractivity contribution in [2.45, 2.75) is 38.3 Å². The van der Waals surface area contributed by atoms with Gasteiger partial charge >= 0.3 is 0 Å². The second-order valence-corrected chi connectivity index (χ2v) is 5.62. The smallest absolute Gasteiger partial charge is 0.237 e. The first kappa shape index (κ1) is 16.7. The lowest BCUT2D eigenvalue weighted by Gasteiger charge is -2.24. The average molecular weight is 312 g/mol. The van der Waals surface area contributed by atoms with Crippen molar-refractivity contribution in [3.05, 3.63) is 29.3 Å². The number of nitrogens with one attached hydrogen (secondary N) is 1. The standard InChI is InChI=1S/C16H22F2N2O2/c1-20-9-5-3-4-6-12(20)16(21)19-10-11-7-8-13(22-2)15(18)14(11)17/h7-8,12H,3-6,9-10H2,1-2H3,(H,19,21)/t12-/m0/s1. The van der Waals surface area contributed by atoms with Crippen LogP contribution >= 0.6 is 0 Å². The van der Waals surface area contributed by atoms with Gasteiger partial charge in [-0.05, 0) is 32.5 Å². The molecule has 1 aromatic rings. The number of likely N-dealkylation sites (tertiary alicyclic amines) is 1. The highest BCUT2D eigenvalue weighted by atomic mass is 19.2. The van der Waals surface area contributed by atoms with Gasteiger partial charge < -0.3 is 10.1 Å². The molecule has 6 heteroatoms. The van der Waals surface area contributed by atoms with Gasteiger partial charge in [0.25, 0.3) is 0 Å². The van der Waals surface area contributed by atoms with E-state index >= 15 is 0 Å². The highest BCUT2D eigenvalue weighted by molar-refractivity contribution is 5.81. The molecule has 1 aliphatic heterocycles. The normalized spacial score (nSPS) is 19.5. The molecule has 0 unspecified atom stereocenters. The Labute approximate surface area is 129 Å². The van der Waals surface area contributed by atoms with E-state index in [1.807, 2.05) is 11.9 Å². The molecule has 22 heavy (non-hydrogen) atoms. The number of methoxy groups -OCH3 is 1. The van der Waals surface area contributed by atoms with Crippen LogP contribution in [0.4, 0.5) is 8.78 Å². The topological polar surface area (TPSA) is 41.6 Å². The summed E-state index contributed by atoms with van der Waals surface area (Å²) in [5.74, 6) is -2.29. The maximum atomic E-state index is 13.9. The fraction of sp³-hybridized carbons (Fsp3) is 0.562. The van der Waals surface area contributed by atoms with Gasteiger partial charge in [-0.15, -0.1) is 0 Å². The molecular formula is C16H22F2N2O2. The van der Waals surface area contributed by atoms with Crippen molar-refractivity contribution in [2.24, 2.45) is 0 Å². The summed E-state index contributed by atoms with van der Waals surface area (Å²) in [5.41, 5.74) is 0.114. The first-order chi connectivity index (χ1) is 10.5. The molecule has 1 amide bonds. The van der Waals surface area contributed by atoms with Crippen LogP contribution in [-0.4, -0.2) is 37.6 Å². The molecule has 1 aromatic carbocycles. The molecule has 0 radical (unpaired) electrons. The second-order valence-electron chi connectivity index (χ2n) is 5.62. The maximum Gasteiger partial charge on any atom is 0.237 e. The van der Waals surface area contributed by atoms with Gasteiger partial charge in [-0.1, -0.05) is 18.9 Å². The third-order valence-corrected chi connectivity index (χ3v) is 4.12. The van der Waals surface area contributed by atoms with Crippen molar-refractivity contribution in [1.82, 2.24) is 10.2 Å². The quantitative estimate of drug-likeness (QED) is 0.928. The van der Waals surface area contributed by atoms with E-state index in [2.05, 4.69) is 5.32 Å². The third kappa shape index (κ3) is 3.74. The number of hydrogen-bond donors (Lipinski definition) is 1. The Morgan fingerprint density at radius 2 is 2.09 bits per heavy atom. The number of halogens is 2. The first-order valence-electron chi connectivity index (χ1n) is 7.53. The van der Waals surface area contributed by atoms with Crippen molar-refractivity contribution >= 4 is 5.91 Å². The molecule has 1 N–H and O–H groups in total. The largest absolute Gasteiger partial charge is 0.494 e. The van der Waals surface area contributed by atoms with E-state index < -0.39 is 11.6 Å². The van der Waals surface area contributed by atoms with Crippen molar-refractivity contribution in [3.63, 3.8) is 0 Å². The fourth-order valence-corrected chi connectivity index (χ4v) is 2.75. The zero-order chi connectivity index (χ0) is 16.1. The predicted molar refractivity (Wildman–Crippen MR) is 79.6 cm³/mol. The van der Waals surface area contributed by atoms with Crippen LogP contribution in [0, 0.1) is 11.6 Å². The van der Waals surface area contributed by atoms with Gasteiger partial charge in [0.15, 0.2) is 11.6 Å². The van der Waals surface area contributed by atoms with Gasteiger partial charge in [0, 0.05) is 12.1 Å². The van der Waals surface area contributed by atoms with Crippen molar-refractivity contribution in [2.75, 3.05) is 20.7 Å². The van der Waals surface area contributed by atoms with E-state index in [1.165, 1.54) is 19.2 Å². The van der Waals surface area contributed by atoms with Crippen molar-refractivity contribution in [3.8, 4) is 5.75 Å². The van der Waals surface area contributed by atoms with Crippen LogP contribution < -0.4 is 10.1 Å². The number of ether oxygens (including phenoxy) is 1.